The minimum absolute atomic E-state index is 0.00471. The molecule has 10 nitrogen and oxygen atoms in total. The van der Waals surface area contributed by atoms with E-state index in [0.717, 1.165) is 65.0 Å². The Balaban J connectivity index is 0.995. The van der Waals surface area contributed by atoms with Gasteiger partial charge in [0, 0.05) is 18.5 Å². The predicted molar refractivity (Wildman–Crippen MR) is 194 cm³/mol. The van der Waals surface area contributed by atoms with E-state index in [4.69, 9.17) is 14.2 Å². The number of piperidine rings is 1. The van der Waals surface area contributed by atoms with Gasteiger partial charge in [-0.05, 0) is 65.4 Å². The van der Waals surface area contributed by atoms with Gasteiger partial charge in [-0.3, -0.25) is 14.5 Å². The van der Waals surface area contributed by atoms with Crippen molar-refractivity contribution < 1.29 is 33.7 Å². The maximum absolute atomic E-state index is 13.1. The van der Waals surface area contributed by atoms with E-state index in [0.29, 0.717) is 0 Å². The van der Waals surface area contributed by atoms with Gasteiger partial charge in [-0.2, -0.15) is 0 Å². The zero-order chi connectivity index (χ0) is 35.9. The smallest absolute Gasteiger partial charge is 0.408 e. The van der Waals surface area contributed by atoms with Crippen LogP contribution in [0.5, 0.6) is 0 Å². The first-order valence-corrected chi connectivity index (χ1v) is 18.2. The number of aliphatic hydroxyl groups is 1. The molecule has 0 aliphatic carbocycles. The van der Waals surface area contributed by atoms with Gasteiger partial charge < -0.3 is 29.5 Å². The molecule has 0 radical (unpaired) electrons. The molecule has 270 valence electrons. The second kappa shape index (κ2) is 16.6. The lowest BCUT2D eigenvalue weighted by Gasteiger charge is -2.39. The van der Waals surface area contributed by atoms with Crippen molar-refractivity contribution in [1.29, 1.82) is 0 Å². The largest absolute Gasteiger partial charge is 0.445 e. The number of hydrogen-bond acceptors (Lipinski definition) is 8. The third-order valence-corrected chi connectivity index (χ3v) is 10.1. The van der Waals surface area contributed by atoms with Crippen LogP contribution < -0.4 is 5.32 Å². The Kier molecular flexibility index (Phi) is 11.4. The van der Waals surface area contributed by atoms with Gasteiger partial charge in [0.1, 0.15) is 12.6 Å². The number of amides is 3. The number of alkyl carbamates (subject to hydrolysis) is 1. The standard InChI is InChI=1S/C42H45N3O7/c46-27-29-12-14-33(15-13-29)38-23-36(26-44-20-5-2-6-21-44)51-41(52-38)34-18-16-32(17-19-34)35-11-7-10-31(22-35)25-45-39(47)24-37(40(45)48)43-42(49)50-28-30-8-3-1-4-9-30/h1,3-4,7-19,22,36-38,41,46H,2,5-6,20-21,23-28H2,(H,43,49). The van der Waals surface area contributed by atoms with Crippen LogP contribution in [0.2, 0.25) is 0 Å². The average molecular weight is 704 g/mol. The van der Waals surface area contributed by atoms with Crippen LogP contribution in [-0.4, -0.2) is 64.6 Å². The molecule has 4 unspecified atom stereocenters. The number of carbonyl (C=O) groups is 3. The SMILES string of the molecule is O=C(NC1CC(=O)N(Cc2cccc(-c3ccc(C4OC(CN5CCCCC5)CC(c5ccc(CO)cc5)O4)cc3)c2)C1=O)OCc1ccccc1. The zero-order valence-electron chi connectivity index (χ0n) is 29.2. The van der Waals surface area contributed by atoms with Crippen molar-refractivity contribution in [1.82, 2.24) is 15.1 Å². The molecule has 3 aliphatic heterocycles. The summed E-state index contributed by atoms with van der Waals surface area (Å²) in [5, 5.41) is 12.1. The van der Waals surface area contributed by atoms with Gasteiger partial charge in [-0.25, -0.2) is 4.79 Å². The number of rotatable bonds is 11. The van der Waals surface area contributed by atoms with Crippen LogP contribution in [0.15, 0.2) is 103 Å². The van der Waals surface area contributed by atoms with E-state index in [-0.39, 0.29) is 44.3 Å². The van der Waals surface area contributed by atoms with Crippen LogP contribution in [0.3, 0.4) is 0 Å². The Morgan fingerprint density at radius 1 is 0.788 bits per heavy atom. The van der Waals surface area contributed by atoms with Crippen LogP contribution in [-0.2, 0) is 43.6 Å². The third kappa shape index (κ3) is 8.77. The Hall–Kier alpha value is -4.87. The van der Waals surface area contributed by atoms with E-state index in [9.17, 15) is 19.5 Å². The van der Waals surface area contributed by atoms with Crippen molar-refractivity contribution in [2.75, 3.05) is 19.6 Å². The highest BCUT2D eigenvalue weighted by Crippen LogP contribution is 2.39. The summed E-state index contributed by atoms with van der Waals surface area (Å²) in [5.74, 6) is -0.799. The van der Waals surface area contributed by atoms with Gasteiger partial charge >= 0.3 is 6.09 Å². The monoisotopic (exact) mass is 703 g/mol. The first-order chi connectivity index (χ1) is 25.4. The highest BCUT2D eigenvalue weighted by molar-refractivity contribution is 6.06. The molecule has 3 saturated heterocycles. The van der Waals surface area contributed by atoms with Crippen LogP contribution in [0, 0.1) is 0 Å². The summed E-state index contributed by atoms with van der Waals surface area (Å²) < 4.78 is 18.4. The fourth-order valence-electron chi connectivity index (χ4n) is 7.20. The molecule has 0 saturated carbocycles. The van der Waals surface area contributed by atoms with Crippen molar-refractivity contribution in [2.24, 2.45) is 0 Å². The first kappa shape index (κ1) is 35.5. The maximum atomic E-state index is 13.1. The Bertz CT molecular complexity index is 1830. The molecule has 4 aromatic rings. The number of imide groups is 1. The molecule has 52 heavy (non-hydrogen) atoms. The van der Waals surface area contributed by atoms with Gasteiger partial charge in [0.2, 0.25) is 5.91 Å². The topological polar surface area (TPSA) is 118 Å². The van der Waals surface area contributed by atoms with Gasteiger partial charge in [0.15, 0.2) is 6.29 Å². The molecular formula is C42H45N3O7. The van der Waals surface area contributed by atoms with E-state index in [2.05, 4.69) is 10.2 Å². The molecule has 2 N–H and O–H groups in total. The lowest BCUT2D eigenvalue weighted by Crippen LogP contribution is -2.41. The predicted octanol–water partition coefficient (Wildman–Crippen LogP) is 6.43. The molecule has 7 rings (SSSR count). The molecule has 0 spiro atoms. The lowest BCUT2D eigenvalue weighted by atomic mass is 9.98. The third-order valence-electron chi connectivity index (χ3n) is 10.1. The summed E-state index contributed by atoms with van der Waals surface area (Å²) in [6, 6.07) is 32.1. The second-order valence-electron chi connectivity index (χ2n) is 13.8. The molecule has 4 atom stereocenters. The van der Waals surface area contributed by atoms with Gasteiger partial charge in [0.25, 0.3) is 5.91 Å². The molecule has 4 aromatic carbocycles. The molecule has 3 heterocycles. The molecule has 0 aromatic heterocycles. The molecule has 3 amide bonds. The van der Waals surface area contributed by atoms with Gasteiger partial charge in [0.05, 0.1) is 31.8 Å². The molecular weight excluding hydrogens is 658 g/mol. The van der Waals surface area contributed by atoms with Crippen molar-refractivity contribution in [3.05, 3.63) is 131 Å². The average Bonchev–Trinajstić information content (AvgIpc) is 3.45. The number of hydrogen-bond donors (Lipinski definition) is 2. The van der Waals surface area contributed by atoms with E-state index in [1.807, 2.05) is 103 Å². The number of carbonyl (C=O) groups excluding carboxylic acids is 3. The van der Waals surface area contributed by atoms with Crippen LogP contribution in [0.1, 0.15) is 72.3 Å². The van der Waals surface area contributed by atoms with Crippen LogP contribution in [0.4, 0.5) is 4.79 Å². The summed E-state index contributed by atoms with van der Waals surface area (Å²) in [6.07, 6.45) is 2.97. The van der Waals surface area contributed by atoms with Crippen molar-refractivity contribution >= 4 is 17.9 Å². The van der Waals surface area contributed by atoms with Crippen molar-refractivity contribution in [3.63, 3.8) is 0 Å². The molecule has 10 heteroatoms. The van der Waals surface area contributed by atoms with Crippen LogP contribution in [0.25, 0.3) is 11.1 Å². The number of ether oxygens (including phenoxy) is 3. The summed E-state index contributed by atoms with van der Waals surface area (Å²) in [4.78, 5) is 42.1. The second-order valence-corrected chi connectivity index (χ2v) is 13.8. The van der Waals surface area contributed by atoms with Gasteiger partial charge in [-0.1, -0.05) is 103 Å². The summed E-state index contributed by atoms with van der Waals surface area (Å²) in [6.45, 7) is 3.23. The Labute approximate surface area is 304 Å². The fourth-order valence-corrected chi connectivity index (χ4v) is 7.20. The number of aliphatic hydroxyl groups excluding tert-OH is 1. The number of nitrogens with zero attached hydrogens (tertiary/aromatic N) is 2. The number of nitrogens with one attached hydrogen (secondary N) is 1. The fraction of sp³-hybridized carbons (Fsp3) is 0.357. The number of likely N-dealkylation sites (tertiary alicyclic amines) is 2. The highest BCUT2D eigenvalue weighted by Gasteiger charge is 2.40. The minimum atomic E-state index is -0.963. The summed E-state index contributed by atoms with van der Waals surface area (Å²) in [5.41, 5.74) is 6.40. The van der Waals surface area contributed by atoms with Crippen molar-refractivity contribution in [3.8, 4) is 11.1 Å². The number of benzene rings is 4. The van der Waals surface area contributed by atoms with E-state index < -0.39 is 24.3 Å². The molecule has 3 fully saturated rings. The molecule has 0 bridgehead atoms. The minimum Gasteiger partial charge on any atom is -0.445 e. The lowest BCUT2D eigenvalue weighted by molar-refractivity contribution is -0.253. The summed E-state index contributed by atoms with van der Waals surface area (Å²) >= 11 is 0. The first-order valence-electron chi connectivity index (χ1n) is 18.2. The normalized spacial score (nSPS) is 22.4. The Morgan fingerprint density at radius 3 is 2.27 bits per heavy atom. The zero-order valence-corrected chi connectivity index (χ0v) is 29.2. The van der Waals surface area contributed by atoms with Gasteiger partial charge in [-0.15, -0.1) is 0 Å². The van der Waals surface area contributed by atoms with E-state index in [1.165, 1.54) is 24.2 Å². The maximum Gasteiger partial charge on any atom is 0.408 e. The highest BCUT2D eigenvalue weighted by atomic mass is 16.7. The van der Waals surface area contributed by atoms with E-state index >= 15 is 0 Å². The van der Waals surface area contributed by atoms with E-state index in [1.54, 1.807) is 0 Å². The molecule has 3 aliphatic rings. The van der Waals surface area contributed by atoms with Crippen LogP contribution >= 0.6 is 0 Å². The van der Waals surface area contributed by atoms with Crippen molar-refractivity contribution in [2.45, 2.75) is 76.4 Å². The quantitative estimate of drug-likeness (QED) is 0.172. The Morgan fingerprint density at radius 2 is 1.52 bits per heavy atom. The summed E-state index contributed by atoms with van der Waals surface area (Å²) in [7, 11) is 0.